The van der Waals surface area contributed by atoms with Crippen LogP contribution in [0.25, 0.3) is 0 Å². The van der Waals surface area contributed by atoms with Gasteiger partial charge in [0.2, 0.25) is 0 Å². The maximum atomic E-state index is 12.5. The van der Waals surface area contributed by atoms with Gasteiger partial charge in [0.25, 0.3) is 5.91 Å². The minimum atomic E-state index is -0.501. The third-order valence-corrected chi connectivity index (χ3v) is 4.04. The zero-order valence-electron chi connectivity index (χ0n) is 16.3. The van der Waals surface area contributed by atoms with Crippen LogP contribution in [0.3, 0.4) is 0 Å². The summed E-state index contributed by atoms with van der Waals surface area (Å²) >= 11 is 0. The number of hydrogen-bond donors (Lipinski definition) is 1. The summed E-state index contributed by atoms with van der Waals surface area (Å²) in [5, 5.41) is 2.96. The molecule has 0 saturated carbocycles. The van der Waals surface area contributed by atoms with Crippen LogP contribution in [0.1, 0.15) is 43.9 Å². The molecule has 0 bridgehead atoms. The van der Waals surface area contributed by atoms with E-state index in [2.05, 4.69) is 5.32 Å². The van der Waals surface area contributed by atoms with Crippen LogP contribution in [0.15, 0.2) is 42.5 Å². The Balaban J connectivity index is 1.93. The van der Waals surface area contributed by atoms with Crippen molar-refractivity contribution >= 4 is 5.91 Å². The van der Waals surface area contributed by atoms with E-state index in [1.54, 1.807) is 0 Å². The van der Waals surface area contributed by atoms with Gasteiger partial charge in [0, 0.05) is 6.54 Å². The first-order valence-electron chi connectivity index (χ1n) is 9.16. The summed E-state index contributed by atoms with van der Waals surface area (Å²) in [7, 11) is 0. The number of aryl methyl sites for hydroxylation is 2. The summed E-state index contributed by atoms with van der Waals surface area (Å²) in [6, 6.07) is 13.8. The van der Waals surface area contributed by atoms with Crippen LogP contribution in [0, 0.1) is 13.8 Å². The fourth-order valence-corrected chi connectivity index (χ4v) is 2.57. The van der Waals surface area contributed by atoms with E-state index in [1.807, 2.05) is 77.1 Å². The standard InChI is InChI=1S/C22H29NO3/c1-6-20(26-21-13-16(4)7-8-17(21)5)22(24)23-14-18-9-11-19(12-10-18)25-15(2)3/h7-13,15,20H,6,14H2,1-5H3,(H,23,24). The molecule has 1 unspecified atom stereocenters. The lowest BCUT2D eigenvalue weighted by Gasteiger charge is -2.19. The number of benzene rings is 2. The molecule has 0 heterocycles. The van der Waals surface area contributed by atoms with Gasteiger partial charge in [-0.05, 0) is 69.0 Å². The molecule has 1 N–H and O–H groups in total. The summed E-state index contributed by atoms with van der Waals surface area (Å²) in [5.41, 5.74) is 3.17. The molecule has 0 aliphatic heterocycles. The average molecular weight is 355 g/mol. The van der Waals surface area contributed by atoms with Crippen molar-refractivity contribution in [1.29, 1.82) is 0 Å². The third kappa shape index (κ3) is 5.80. The molecule has 1 amide bonds. The van der Waals surface area contributed by atoms with E-state index < -0.39 is 6.10 Å². The zero-order valence-corrected chi connectivity index (χ0v) is 16.3. The van der Waals surface area contributed by atoms with Gasteiger partial charge in [-0.1, -0.05) is 31.2 Å². The first kappa shape index (κ1) is 19.8. The highest BCUT2D eigenvalue weighted by molar-refractivity contribution is 5.81. The van der Waals surface area contributed by atoms with Crippen molar-refractivity contribution < 1.29 is 14.3 Å². The number of hydrogen-bond acceptors (Lipinski definition) is 3. The average Bonchev–Trinajstić information content (AvgIpc) is 2.61. The lowest BCUT2D eigenvalue weighted by molar-refractivity contribution is -0.128. The van der Waals surface area contributed by atoms with Gasteiger partial charge in [-0.15, -0.1) is 0 Å². The Morgan fingerprint density at radius 1 is 1.04 bits per heavy atom. The Bertz CT molecular complexity index is 723. The van der Waals surface area contributed by atoms with Crippen LogP contribution in [0.4, 0.5) is 0 Å². The number of rotatable bonds is 8. The van der Waals surface area contributed by atoms with E-state index in [0.717, 1.165) is 28.2 Å². The first-order valence-corrected chi connectivity index (χ1v) is 9.16. The van der Waals surface area contributed by atoms with Gasteiger partial charge in [-0.2, -0.15) is 0 Å². The lowest BCUT2D eigenvalue weighted by Crippen LogP contribution is -2.37. The van der Waals surface area contributed by atoms with Crippen molar-refractivity contribution in [2.75, 3.05) is 0 Å². The van der Waals surface area contributed by atoms with Crippen LogP contribution < -0.4 is 14.8 Å². The number of nitrogens with one attached hydrogen (secondary N) is 1. The summed E-state index contributed by atoms with van der Waals surface area (Å²) in [6.07, 6.45) is 0.257. The van der Waals surface area contributed by atoms with Gasteiger partial charge < -0.3 is 14.8 Å². The zero-order chi connectivity index (χ0) is 19.1. The van der Waals surface area contributed by atoms with E-state index in [9.17, 15) is 4.79 Å². The monoisotopic (exact) mass is 355 g/mol. The van der Waals surface area contributed by atoms with Crippen molar-refractivity contribution in [2.45, 2.75) is 59.8 Å². The molecule has 4 heteroatoms. The van der Waals surface area contributed by atoms with E-state index >= 15 is 0 Å². The maximum Gasteiger partial charge on any atom is 0.261 e. The smallest absolute Gasteiger partial charge is 0.261 e. The predicted octanol–water partition coefficient (Wildman–Crippen LogP) is 4.56. The Morgan fingerprint density at radius 3 is 2.35 bits per heavy atom. The lowest BCUT2D eigenvalue weighted by atomic mass is 10.1. The molecule has 0 fully saturated rings. The maximum absolute atomic E-state index is 12.5. The molecule has 0 spiro atoms. The number of ether oxygens (including phenoxy) is 2. The van der Waals surface area contributed by atoms with Gasteiger partial charge in [-0.3, -0.25) is 4.79 Å². The molecule has 0 radical (unpaired) electrons. The molecule has 2 aromatic carbocycles. The molecular formula is C22H29NO3. The summed E-state index contributed by atoms with van der Waals surface area (Å²) in [6.45, 7) is 10.4. The Morgan fingerprint density at radius 2 is 1.73 bits per heavy atom. The topological polar surface area (TPSA) is 47.6 Å². The minimum Gasteiger partial charge on any atom is -0.491 e. The van der Waals surface area contributed by atoms with Crippen LogP contribution >= 0.6 is 0 Å². The molecule has 4 nitrogen and oxygen atoms in total. The predicted molar refractivity (Wildman–Crippen MR) is 105 cm³/mol. The van der Waals surface area contributed by atoms with Crippen molar-refractivity contribution in [3.8, 4) is 11.5 Å². The molecule has 140 valence electrons. The number of carbonyl (C=O) groups is 1. The molecule has 2 aromatic rings. The molecule has 0 aliphatic rings. The van der Waals surface area contributed by atoms with Crippen molar-refractivity contribution in [1.82, 2.24) is 5.32 Å². The van der Waals surface area contributed by atoms with Crippen molar-refractivity contribution in [2.24, 2.45) is 0 Å². The van der Waals surface area contributed by atoms with Crippen molar-refractivity contribution in [3.63, 3.8) is 0 Å². The van der Waals surface area contributed by atoms with E-state index in [1.165, 1.54) is 0 Å². The molecule has 0 aliphatic carbocycles. The SMILES string of the molecule is CCC(Oc1cc(C)ccc1C)C(=O)NCc1ccc(OC(C)C)cc1. The minimum absolute atomic E-state index is 0.101. The highest BCUT2D eigenvalue weighted by Gasteiger charge is 2.19. The first-order chi connectivity index (χ1) is 12.4. The van der Waals surface area contributed by atoms with Crippen LogP contribution in [0.5, 0.6) is 11.5 Å². The normalized spacial score (nSPS) is 11.9. The van der Waals surface area contributed by atoms with Crippen LogP contribution in [-0.4, -0.2) is 18.1 Å². The molecule has 1 atom stereocenters. The second-order valence-electron chi connectivity index (χ2n) is 6.81. The molecular weight excluding hydrogens is 326 g/mol. The fourth-order valence-electron chi connectivity index (χ4n) is 2.57. The van der Waals surface area contributed by atoms with Gasteiger partial charge in [0.1, 0.15) is 11.5 Å². The molecule has 26 heavy (non-hydrogen) atoms. The van der Waals surface area contributed by atoms with Gasteiger partial charge in [0.05, 0.1) is 6.10 Å². The fraction of sp³-hybridized carbons (Fsp3) is 0.409. The Kier molecular flexibility index (Phi) is 7.07. The molecule has 0 saturated heterocycles. The summed E-state index contributed by atoms with van der Waals surface area (Å²) in [5.74, 6) is 1.50. The molecule has 2 rings (SSSR count). The second kappa shape index (κ2) is 9.27. The molecule has 0 aromatic heterocycles. The Labute approximate surface area is 156 Å². The number of carbonyl (C=O) groups excluding carboxylic acids is 1. The van der Waals surface area contributed by atoms with E-state index in [4.69, 9.17) is 9.47 Å². The third-order valence-electron chi connectivity index (χ3n) is 4.04. The second-order valence-corrected chi connectivity index (χ2v) is 6.81. The Hall–Kier alpha value is -2.49. The van der Waals surface area contributed by atoms with Gasteiger partial charge >= 0.3 is 0 Å². The van der Waals surface area contributed by atoms with Gasteiger partial charge in [-0.25, -0.2) is 0 Å². The highest BCUT2D eigenvalue weighted by atomic mass is 16.5. The number of amides is 1. The summed E-state index contributed by atoms with van der Waals surface area (Å²) < 4.78 is 11.6. The van der Waals surface area contributed by atoms with Gasteiger partial charge in [0.15, 0.2) is 6.10 Å². The van der Waals surface area contributed by atoms with E-state index in [0.29, 0.717) is 13.0 Å². The van der Waals surface area contributed by atoms with E-state index in [-0.39, 0.29) is 12.0 Å². The van der Waals surface area contributed by atoms with Crippen LogP contribution in [0.2, 0.25) is 0 Å². The highest BCUT2D eigenvalue weighted by Crippen LogP contribution is 2.21. The van der Waals surface area contributed by atoms with Crippen molar-refractivity contribution in [3.05, 3.63) is 59.2 Å². The van der Waals surface area contributed by atoms with Crippen LogP contribution in [-0.2, 0) is 11.3 Å². The largest absolute Gasteiger partial charge is 0.491 e. The quantitative estimate of drug-likeness (QED) is 0.755. The summed E-state index contributed by atoms with van der Waals surface area (Å²) in [4.78, 5) is 12.5.